The Morgan fingerprint density at radius 2 is 1.76 bits per heavy atom. The van der Waals surface area contributed by atoms with Crippen molar-refractivity contribution in [3.05, 3.63) is 53.7 Å². The van der Waals surface area contributed by atoms with Gasteiger partial charge in [0, 0.05) is 18.5 Å². The summed E-state index contributed by atoms with van der Waals surface area (Å²) < 4.78 is 10.3. The molecule has 0 fully saturated rings. The van der Waals surface area contributed by atoms with E-state index >= 15 is 0 Å². The smallest absolute Gasteiger partial charge is 0.408 e. The zero-order valence-corrected chi connectivity index (χ0v) is 23.2. The van der Waals surface area contributed by atoms with E-state index in [0.29, 0.717) is 17.5 Å². The number of nitrogen functional groups attached to an aromatic ring is 1. The first-order valence-corrected chi connectivity index (χ1v) is 12.7. The molecule has 0 bridgehead atoms. The average Bonchev–Trinajstić information content (AvgIpc) is 3.42. The van der Waals surface area contributed by atoms with Crippen molar-refractivity contribution in [2.24, 2.45) is 22.2 Å². The van der Waals surface area contributed by atoms with Crippen LogP contribution in [0.1, 0.15) is 55.4 Å². The fourth-order valence-electron chi connectivity index (χ4n) is 3.52. The summed E-state index contributed by atoms with van der Waals surface area (Å²) in [5.74, 6) is -2.27. The number of amidine groups is 1. The van der Waals surface area contributed by atoms with Gasteiger partial charge in [0.15, 0.2) is 5.96 Å². The fourth-order valence-corrected chi connectivity index (χ4v) is 3.52. The van der Waals surface area contributed by atoms with Crippen molar-refractivity contribution in [1.29, 1.82) is 5.41 Å². The quantitative estimate of drug-likeness (QED) is 0.0687. The van der Waals surface area contributed by atoms with Gasteiger partial charge in [0.05, 0.1) is 18.8 Å². The third-order valence-corrected chi connectivity index (χ3v) is 5.38. The van der Waals surface area contributed by atoms with Gasteiger partial charge in [0.1, 0.15) is 23.7 Å². The Morgan fingerprint density at radius 3 is 2.32 bits per heavy atom. The molecule has 0 saturated carbocycles. The molecule has 3 amide bonds. The van der Waals surface area contributed by atoms with Crippen LogP contribution in [0.4, 0.5) is 4.79 Å². The minimum atomic E-state index is -1.11. The summed E-state index contributed by atoms with van der Waals surface area (Å²) >= 11 is 0. The monoisotopic (exact) mass is 571 g/mol. The van der Waals surface area contributed by atoms with Gasteiger partial charge in [-0.15, -0.1) is 0 Å². The van der Waals surface area contributed by atoms with E-state index in [0.717, 1.165) is 0 Å². The van der Waals surface area contributed by atoms with Crippen LogP contribution in [0.5, 0.6) is 0 Å². The Balaban J connectivity index is 2.08. The lowest BCUT2D eigenvalue weighted by molar-refractivity contribution is -0.127. The van der Waals surface area contributed by atoms with E-state index in [9.17, 15) is 19.2 Å². The first-order valence-electron chi connectivity index (χ1n) is 12.7. The lowest BCUT2D eigenvalue weighted by Gasteiger charge is -2.23. The van der Waals surface area contributed by atoms with Crippen LogP contribution >= 0.6 is 0 Å². The first-order chi connectivity index (χ1) is 19.2. The van der Waals surface area contributed by atoms with Gasteiger partial charge >= 0.3 is 6.09 Å². The number of amides is 3. The van der Waals surface area contributed by atoms with Gasteiger partial charge in [0.25, 0.3) is 5.89 Å². The number of nitrogens with one attached hydrogen (secondary N) is 4. The SMILES string of the molecule is CC(C)(C)OC(=O)N[C@H](Cc1ccc(C(=N)N)cc1)C(=O)NCC(=O)N[C@@H](CCCN=C(N)N)C(=O)c1ncco1. The van der Waals surface area contributed by atoms with Crippen molar-refractivity contribution in [2.45, 2.75) is 57.7 Å². The molecule has 1 aromatic carbocycles. The molecule has 0 unspecified atom stereocenters. The number of rotatable bonds is 14. The Hall–Kier alpha value is -4.95. The van der Waals surface area contributed by atoms with E-state index in [4.69, 9.17) is 31.8 Å². The van der Waals surface area contributed by atoms with Crippen molar-refractivity contribution in [3.63, 3.8) is 0 Å². The fraction of sp³-hybridized carbons (Fsp3) is 0.423. The summed E-state index contributed by atoms with van der Waals surface area (Å²) in [6, 6.07) is 4.45. The molecule has 41 heavy (non-hydrogen) atoms. The lowest BCUT2D eigenvalue weighted by Crippen LogP contribution is -2.52. The number of benzene rings is 1. The molecular weight excluding hydrogens is 534 g/mol. The summed E-state index contributed by atoms with van der Waals surface area (Å²) in [7, 11) is 0. The Bertz CT molecular complexity index is 1230. The zero-order valence-electron chi connectivity index (χ0n) is 23.2. The third-order valence-electron chi connectivity index (χ3n) is 5.38. The molecule has 10 N–H and O–H groups in total. The van der Waals surface area contributed by atoms with Crippen molar-refractivity contribution >= 4 is 35.5 Å². The van der Waals surface area contributed by atoms with Crippen LogP contribution in [-0.4, -0.2) is 71.2 Å². The van der Waals surface area contributed by atoms with E-state index in [1.54, 1.807) is 45.0 Å². The minimum absolute atomic E-state index is 0.0565. The first kappa shape index (κ1) is 32.3. The molecular formula is C26H37N9O6. The maximum absolute atomic E-state index is 13.1. The number of aromatic nitrogens is 1. The summed E-state index contributed by atoms with van der Waals surface area (Å²) in [4.78, 5) is 58.7. The van der Waals surface area contributed by atoms with E-state index < -0.39 is 47.9 Å². The number of carbonyl (C=O) groups is 4. The van der Waals surface area contributed by atoms with E-state index in [1.807, 2.05) is 0 Å². The minimum Gasteiger partial charge on any atom is -0.444 e. The summed E-state index contributed by atoms with van der Waals surface area (Å²) in [6.07, 6.45) is 2.32. The van der Waals surface area contributed by atoms with E-state index in [2.05, 4.69) is 25.9 Å². The molecule has 2 rings (SSSR count). The highest BCUT2D eigenvalue weighted by Crippen LogP contribution is 2.11. The average molecular weight is 572 g/mol. The number of oxazole rings is 1. The standard InChI is InChI=1S/C26H37N9O6/c1-26(2,3)41-25(39)35-18(13-15-6-8-16(9-7-15)21(27)28)22(38)33-14-19(36)34-17(5-4-10-32-24(29)30)20(37)23-31-11-12-40-23/h6-9,11-12,17-18H,4-5,10,13-14H2,1-3H3,(H3,27,28)(H,33,38)(H,34,36)(H,35,39)(H4,29,30,32)/t17-,18+/m0/s1. The number of nitrogens with two attached hydrogens (primary N) is 3. The summed E-state index contributed by atoms with van der Waals surface area (Å²) in [6.45, 7) is 4.78. The maximum atomic E-state index is 13.1. The molecule has 15 nitrogen and oxygen atoms in total. The molecule has 0 radical (unpaired) electrons. The largest absolute Gasteiger partial charge is 0.444 e. The van der Waals surface area contributed by atoms with Gasteiger partial charge in [-0.3, -0.25) is 24.8 Å². The molecule has 0 spiro atoms. The van der Waals surface area contributed by atoms with Crippen LogP contribution in [0.25, 0.3) is 0 Å². The van der Waals surface area contributed by atoms with Crippen molar-refractivity contribution in [1.82, 2.24) is 20.9 Å². The molecule has 0 saturated heterocycles. The predicted octanol–water partition coefficient (Wildman–Crippen LogP) is -0.0680. The Morgan fingerprint density at radius 1 is 1.07 bits per heavy atom. The molecule has 0 aliphatic carbocycles. The summed E-state index contributed by atoms with van der Waals surface area (Å²) in [5.41, 5.74) is 16.5. The number of Topliss-reactive ketones (excluding diaryl/α,β-unsaturated/α-hetero) is 1. The molecule has 1 heterocycles. The van der Waals surface area contributed by atoms with Crippen LogP contribution in [0, 0.1) is 5.41 Å². The lowest BCUT2D eigenvalue weighted by atomic mass is 10.0. The molecule has 1 aromatic heterocycles. The van der Waals surface area contributed by atoms with Gasteiger partial charge in [-0.1, -0.05) is 24.3 Å². The van der Waals surface area contributed by atoms with Gasteiger partial charge in [0.2, 0.25) is 17.6 Å². The molecule has 2 atom stereocenters. The van der Waals surface area contributed by atoms with Crippen molar-refractivity contribution < 1.29 is 28.3 Å². The van der Waals surface area contributed by atoms with Crippen molar-refractivity contribution in [2.75, 3.05) is 13.1 Å². The maximum Gasteiger partial charge on any atom is 0.408 e. The van der Waals surface area contributed by atoms with Gasteiger partial charge < -0.3 is 42.3 Å². The molecule has 2 aromatic rings. The topological polar surface area (TPSA) is 254 Å². The highest BCUT2D eigenvalue weighted by atomic mass is 16.6. The number of hydrogen-bond acceptors (Lipinski definition) is 9. The van der Waals surface area contributed by atoms with Crippen LogP contribution < -0.4 is 33.2 Å². The van der Waals surface area contributed by atoms with Crippen LogP contribution in [-0.2, 0) is 20.7 Å². The number of carbonyl (C=O) groups excluding carboxylic acids is 4. The Kier molecular flexibility index (Phi) is 11.8. The van der Waals surface area contributed by atoms with E-state index in [-0.39, 0.29) is 37.1 Å². The third kappa shape index (κ3) is 11.8. The second-order valence-corrected chi connectivity index (χ2v) is 10.0. The second-order valence-electron chi connectivity index (χ2n) is 10.0. The van der Waals surface area contributed by atoms with Crippen LogP contribution in [0.2, 0.25) is 0 Å². The number of alkyl carbamates (subject to hydrolysis) is 1. The Labute approximate surface area is 237 Å². The molecule has 0 aliphatic rings. The predicted molar refractivity (Wildman–Crippen MR) is 150 cm³/mol. The summed E-state index contributed by atoms with van der Waals surface area (Å²) in [5, 5.41) is 15.1. The molecule has 15 heteroatoms. The van der Waals surface area contributed by atoms with Gasteiger partial charge in [-0.05, 0) is 39.2 Å². The van der Waals surface area contributed by atoms with Crippen molar-refractivity contribution in [3.8, 4) is 0 Å². The number of ketones is 1. The van der Waals surface area contributed by atoms with E-state index in [1.165, 1.54) is 12.5 Å². The zero-order chi connectivity index (χ0) is 30.6. The van der Waals surface area contributed by atoms with Crippen LogP contribution in [0.15, 0.2) is 46.1 Å². The number of guanidine groups is 1. The highest BCUT2D eigenvalue weighted by Gasteiger charge is 2.27. The number of ether oxygens (including phenoxy) is 1. The highest BCUT2D eigenvalue weighted by molar-refractivity contribution is 5.99. The second kappa shape index (κ2) is 15.0. The van der Waals surface area contributed by atoms with Gasteiger partial charge in [-0.25, -0.2) is 9.78 Å². The molecule has 222 valence electrons. The number of nitrogens with zero attached hydrogens (tertiary/aromatic N) is 2. The number of hydrogen-bond donors (Lipinski definition) is 7. The number of aliphatic imine (C=N–C) groups is 1. The normalized spacial score (nSPS) is 12.4. The van der Waals surface area contributed by atoms with Gasteiger partial charge in [-0.2, -0.15) is 0 Å². The van der Waals surface area contributed by atoms with Crippen LogP contribution in [0.3, 0.4) is 0 Å². The molecule has 0 aliphatic heterocycles.